The normalized spacial score (nSPS) is 20.7. The zero-order chi connectivity index (χ0) is 17.1. The van der Waals surface area contributed by atoms with E-state index in [4.69, 9.17) is 4.74 Å². The second kappa shape index (κ2) is 7.23. The van der Waals surface area contributed by atoms with Crippen LogP contribution in [0.25, 0.3) is 0 Å². The molecule has 0 bridgehead atoms. The number of morpholine rings is 1. The van der Waals surface area contributed by atoms with Crippen molar-refractivity contribution >= 4 is 17.2 Å². The van der Waals surface area contributed by atoms with Crippen LogP contribution in [-0.4, -0.2) is 59.1 Å². The highest BCUT2D eigenvalue weighted by Gasteiger charge is 2.40. The van der Waals surface area contributed by atoms with Crippen molar-refractivity contribution in [3.63, 3.8) is 0 Å². The van der Waals surface area contributed by atoms with E-state index in [1.54, 1.807) is 11.3 Å². The molecule has 1 spiro atoms. The number of likely N-dealkylation sites (tertiary alicyclic amines) is 1. The molecule has 5 nitrogen and oxygen atoms in total. The van der Waals surface area contributed by atoms with E-state index >= 15 is 0 Å². The van der Waals surface area contributed by atoms with Crippen molar-refractivity contribution in [2.24, 2.45) is 0 Å². The van der Waals surface area contributed by atoms with E-state index in [1.165, 1.54) is 0 Å². The fraction of sp³-hybridized carbons (Fsp3) is 0.474. The van der Waals surface area contributed by atoms with Crippen molar-refractivity contribution in [3.8, 4) is 0 Å². The number of carbonyl (C=O) groups is 1. The summed E-state index contributed by atoms with van der Waals surface area (Å²) in [5.74, 6) is 0.150. The zero-order valence-electron chi connectivity index (χ0n) is 14.3. The molecule has 0 aliphatic carbocycles. The van der Waals surface area contributed by atoms with Gasteiger partial charge in [0.05, 0.1) is 23.5 Å². The van der Waals surface area contributed by atoms with Gasteiger partial charge < -0.3 is 9.64 Å². The Balaban J connectivity index is 1.36. The van der Waals surface area contributed by atoms with Crippen molar-refractivity contribution in [2.45, 2.75) is 25.0 Å². The third kappa shape index (κ3) is 3.76. The third-order valence-electron chi connectivity index (χ3n) is 5.17. The Hall–Kier alpha value is -1.76. The van der Waals surface area contributed by atoms with Crippen molar-refractivity contribution < 1.29 is 9.53 Å². The molecule has 4 rings (SSSR count). The summed E-state index contributed by atoms with van der Waals surface area (Å²) in [6, 6.07) is 7.96. The fourth-order valence-electron chi connectivity index (χ4n) is 3.77. The minimum atomic E-state index is -0.113. The Labute approximate surface area is 152 Å². The van der Waals surface area contributed by atoms with Gasteiger partial charge in [-0.1, -0.05) is 6.07 Å². The maximum absolute atomic E-state index is 12.5. The first-order chi connectivity index (χ1) is 12.2. The number of amides is 1. The molecule has 2 fully saturated rings. The Kier molecular flexibility index (Phi) is 4.83. The van der Waals surface area contributed by atoms with E-state index in [0.29, 0.717) is 0 Å². The van der Waals surface area contributed by atoms with Crippen molar-refractivity contribution in [1.82, 2.24) is 14.8 Å². The lowest BCUT2D eigenvalue weighted by Crippen LogP contribution is -2.57. The van der Waals surface area contributed by atoms with Gasteiger partial charge in [0.25, 0.3) is 5.91 Å². The van der Waals surface area contributed by atoms with E-state index in [2.05, 4.69) is 16.0 Å². The number of ether oxygens (including phenoxy) is 1. The summed E-state index contributed by atoms with van der Waals surface area (Å²) in [5, 5.41) is 3.89. The van der Waals surface area contributed by atoms with E-state index in [0.717, 1.165) is 63.4 Å². The molecule has 6 heteroatoms. The van der Waals surface area contributed by atoms with Gasteiger partial charge in [-0.25, -0.2) is 0 Å². The van der Waals surface area contributed by atoms with Crippen molar-refractivity contribution in [3.05, 3.63) is 52.5 Å². The Morgan fingerprint density at radius 3 is 2.84 bits per heavy atom. The van der Waals surface area contributed by atoms with Gasteiger partial charge >= 0.3 is 0 Å². The number of hydrogen-bond donors (Lipinski definition) is 0. The van der Waals surface area contributed by atoms with Crippen LogP contribution in [0, 0.1) is 0 Å². The fourth-order valence-corrected chi connectivity index (χ4v) is 4.40. The molecule has 0 radical (unpaired) electrons. The lowest BCUT2D eigenvalue weighted by molar-refractivity contribution is -0.134. The summed E-state index contributed by atoms with van der Waals surface area (Å²) in [5.41, 5.74) is 1.80. The number of aromatic nitrogens is 1. The molecule has 4 heterocycles. The van der Waals surface area contributed by atoms with E-state index < -0.39 is 0 Å². The van der Waals surface area contributed by atoms with Gasteiger partial charge in [0, 0.05) is 44.3 Å². The predicted octanol–water partition coefficient (Wildman–Crippen LogP) is 2.65. The Morgan fingerprint density at radius 2 is 2.12 bits per heavy atom. The summed E-state index contributed by atoms with van der Waals surface area (Å²) in [7, 11) is 0. The molecule has 2 aliphatic heterocycles. The van der Waals surface area contributed by atoms with E-state index in [-0.39, 0.29) is 11.5 Å². The molecular formula is C19H23N3O2S. The number of nitrogens with zero attached hydrogens (tertiary/aromatic N) is 3. The molecule has 25 heavy (non-hydrogen) atoms. The first kappa shape index (κ1) is 16.7. The van der Waals surface area contributed by atoms with E-state index in [1.807, 2.05) is 40.1 Å². The number of pyridine rings is 1. The van der Waals surface area contributed by atoms with Crippen LogP contribution in [0.3, 0.4) is 0 Å². The number of piperidine rings is 1. The highest BCUT2D eigenvalue weighted by molar-refractivity contribution is 7.08. The zero-order valence-corrected chi connectivity index (χ0v) is 15.1. The molecule has 2 saturated heterocycles. The van der Waals surface area contributed by atoms with Crippen molar-refractivity contribution in [1.29, 1.82) is 0 Å². The van der Waals surface area contributed by atoms with Crippen LogP contribution in [0.5, 0.6) is 0 Å². The topological polar surface area (TPSA) is 45.7 Å². The van der Waals surface area contributed by atoms with Crippen LogP contribution in [0.4, 0.5) is 0 Å². The van der Waals surface area contributed by atoms with Crippen LogP contribution in [0.15, 0.2) is 41.2 Å². The predicted molar refractivity (Wildman–Crippen MR) is 97.7 cm³/mol. The lowest BCUT2D eigenvalue weighted by atomic mass is 9.89. The number of carbonyl (C=O) groups excluding carboxylic acids is 1. The lowest BCUT2D eigenvalue weighted by Gasteiger charge is -2.47. The summed E-state index contributed by atoms with van der Waals surface area (Å²) >= 11 is 1.57. The summed E-state index contributed by atoms with van der Waals surface area (Å²) in [6.07, 6.45) is 3.66. The monoisotopic (exact) mass is 357 g/mol. The minimum Gasteiger partial charge on any atom is -0.372 e. The SMILES string of the molecule is O=C(c1ccsc1)N1CCC2(CC1)CN(Cc1ccccn1)CCO2. The molecule has 2 aromatic rings. The average Bonchev–Trinajstić information content (AvgIpc) is 3.18. The van der Waals surface area contributed by atoms with Gasteiger partial charge in [-0.05, 0) is 36.4 Å². The van der Waals surface area contributed by atoms with Gasteiger partial charge in [-0.3, -0.25) is 14.7 Å². The van der Waals surface area contributed by atoms with Gasteiger partial charge in [0.1, 0.15) is 0 Å². The number of thiophene rings is 1. The average molecular weight is 357 g/mol. The first-order valence-corrected chi connectivity index (χ1v) is 9.76. The van der Waals surface area contributed by atoms with Crippen LogP contribution < -0.4 is 0 Å². The van der Waals surface area contributed by atoms with Crippen molar-refractivity contribution in [2.75, 3.05) is 32.8 Å². The second-order valence-electron chi connectivity index (χ2n) is 6.87. The largest absolute Gasteiger partial charge is 0.372 e. The molecule has 0 N–H and O–H groups in total. The maximum atomic E-state index is 12.5. The number of hydrogen-bond acceptors (Lipinski definition) is 5. The number of rotatable bonds is 3. The maximum Gasteiger partial charge on any atom is 0.254 e. The van der Waals surface area contributed by atoms with Gasteiger partial charge in [0.2, 0.25) is 0 Å². The highest BCUT2D eigenvalue weighted by Crippen LogP contribution is 2.31. The molecular weight excluding hydrogens is 334 g/mol. The molecule has 1 amide bonds. The van der Waals surface area contributed by atoms with Gasteiger partial charge in [-0.2, -0.15) is 11.3 Å². The van der Waals surface area contributed by atoms with Crippen LogP contribution in [-0.2, 0) is 11.3 Å². The molecule has 132 valence electrons. The molecule has 2 aliphatic rings. The Bertz CT molecular complexity index is 697. The van der Waals surface area contributed by atoms with Gasteiger partial charge in [0.15, 0.2) is 0 Å². The molecule has 2 aromatic heterocycles. The Morgan fingerprint density at radius 1 is 1.24 bits per heavy atom. The molecule has 0 unspecified atom stereocenters. The van der Waals surface area contributed by atoms with E-state index in [9.17, 15) is 4.79 Å². The first-order valence-electron chi connectivity index (χ1n) is 8.82. The molecule has 0 saturated carbocycles. The molecule has 0 atom stereocenters. The highest BCUT2D eigenvalue weighted by atomic mass is 32.1. The van der Waals surface area contributed by atoms with Crippen LogP contribution >= 0.6 is 11.3 Å². The second-order valence-corrected chi connectivity index (χ2v) is 7.65. The third-order valence-corrected chi connectivity index (χ3v) is 5.85. The van der Waals surface area contributed by atoms with Gasteiger partial charge in [-0.15, -0.1) is 0 Å². The summed E-state index contributed by atoms with van der Waals surface area (Å²) in [4.78, 5) is 21.3. The molecule has 0 aromatic carbocycles. The summed E-state index contributed by atoms with van der Waals surface area (Å²) < 4.78 is 6.20. The van der Waals surface area contributed by atoms with Crippen LogP contribution in [0.2, 0.25) is 0 Å². The summed E-state index contributed by atoms with van der Waals surface area (Å²) in [6.45, 7) is 5.02. The standard InChI is InChI=1S/C19H23N3O2S/c23-18(16-4-12-25-14-16)22-8-5-19(6-9-22)15-21(10-11-24-19)13-17-3-1-2-7-20-17/h1-4,7,12,14H,5-6,8-11,13,15H2. The minimum absolute atomic E-state index is 0.113. The quantitative estimate of drug-likeness (QED) is 0.847. The van der Waals surface area contributed by atoms with Crippen LogP contribution in [0.1, 0.15) is 28.9 Å². The smallest absolute Gasteiger partial charge is 0.254 e.